The van der Waals surface area contributed by atoms with Crippen molar-refractivity contribution < 1.29 is 29.0 Å². The molecule has 3 aliphatic rings. The molecule has 2 atom stereocenters. The van der Waals surface area contributed by atoms with Crippen molar-refractivity contribution in [3.8, 4) is 5.75 Å². The lowest BCUT2D eigenvalue weighted by Crippen LogP contribution is -2.51. The molecular formula is C32H20O6. The number of fused-ring (bicyclic) bond motifs is 2. The molecule has 6 nitrogen and oxygen atoms in total. The number of Topliss-reactive ketones (excluding diaryl/α,β-unsaturated/α-hetero) is 4. The summed E-state index contributed by atoms with van der Waals surface area (Å²) in [5, 5.41) is 11.1. The van der Waals surface area contributed by atoms with Gasteiger partial charge in [0.05, 0.1) is 5.92 Å². The van der Waals surface area contributed by atoms with Crippen LogP contribution in [0.25, 0.3) is 0 Å². The minimum Gasteiger partial charge on any atom is -0.508 e. The van der Waals surface area contributed by atoms with E-state index in [1.807, 2.05) is 0 Å². The summed E-state index contributed by atoms with van der Waals surface area (Å²) in [4.78, 5) is 57.6. The van der Waals surface area contributed by atoms with Crippen LogP contribution in [0.15, 0.2) is 103 Å². The van der Waals surface area contributed by atoms with Crippen LogP contribution < -0.4 is 0 Å². The van der Waals surface area contributed by atoms with Gasteiger partial charge in [-0.25, -0.2) is 0 Å². The highest BCUT2D eigenvalue weighted by Crippen LogP contribution is 2.68. The van der Waals surface area contributed by atoms with Gasteiger partial charge in [-0.1, -0.05) is 97.1 Å². The summed E-state index contributed by atoms with van der Waals surface area (Å²) in [5.41, 5.74) is -2.88. The van der Waals surface area contributed by atoms with Crippen LogP contribution in [-0.4, -0.2) is 33.8 Å². The summed E-state index contributed by atoms with van der Waals surface area (Å²) in [6.45, 7) is 0. The number of para-hydroxylation sites is 1. The van der Waals surface area contributed by atoms with Gasteiger partial charge >= 0.3 is 0 Å². The second kappa shape index (κ2) is 7.66. The molecule has 1 saturated heterocycles. The number of benzene rings is 4. The van der Waals surface area contributed by atoms with Crippen molar-refractivity contribution in [3.05, 3.63) is 137 Å². The molecule has 1 N–H and O–H groups in total. The first-order chi connectivity index (χ1) is 18.4. The van der Waals surface area contributed by atoms with Gasteiger partial charge in [0.2, 0.25) is 17.2 Å². The summed E-state index contributed by atoms with van der Waals surface area (Å²) in [6, 6.07) is 27.8. The number of carbonyl (C=O) groups excluding carboxylic acids is 4. The van der Waals surface area contributed by atoms with Crippen LogP contribution >= 0.6 is 0 Å². The third-order valence-electron chi connectivity index (χ3n) is 8.19. The Kier molecular flexibility index (Phi) is 4.54. The molecule has 2 spiro atoms. The van der Waals surface area contributed by atoms with Gasteiger partial charge in [-0.3, -0.25) is 19.2 Å². The molecule has 1 aliphatic heterocycles. The van der Waals surface area contributed by atoms with E-state index in [2.05, 4.69) is 0 Å². The molecule has 7 rings (SSSR count). The lowest BCUT2D eigenvalue weighted by atomic mass is 9.59. The first-order valence-corrected chi connectivity index (χ1v) is 12.3. The Morgan fingerprint density at radius 3 is 1.53 bits per heavy atom. The summed E-state index contributed by atoms with van der Waals surface area (Å²) >= 11 is 0. The van der Waals surface area contributed by atoms with Gasteiger partial charge in [0.25, 0.3) is 0 Å². The van der Waals surface area contributed by atoms with Gasteiger partial charge in [0.15, 0.2) is 11.6 Å². The average molecular weight is 501 g/mol. The summed E-state index contributed by atoms with van der Waals surface area (Å²) < 4.78 is 6.58. The number of rotatable bonds is 2. The van der Waals surface area contributed by atoms with Crippen LogP contribution in [-0.2, 0) is 4.74 Å². The number of ketones is 4. The predicted molar refractivity (Wildman–Crippen MR) is 136 cm³/mol. The fourth-order valence-electron chi connectivity index (χ4n) is 6.65. The number of phenolic OH excluding ortho intramolecular Hbond substituents is 1. The summed E-state index contributed by atoms with van der Waals surface area (Å²) in [7, 11) is 0. The Bertz CT molecular complexity index is 1630. The molecule has 1 heterocycles. The highest BCUT2D eigenvalue weighted by Gasteiger charge is 2.79. The summed E-state index contributed by atoms with van der Waals surface area (Å²) in [5.74, 6) is -3.97. The highest BCUT2D eigenvalue weighted by atomic mass is 16.5. The molecule has 0 radical (unpaired) electrons. The maximum Gasteiger partial charge on any atom is 0.204 e. The molecule has 6 heteroatoms. The van der Waals surface area contributed by atoms with Gasteiger partial charge < -0.3 is 9.84 Å². The molecule has 184 valence electrons. The van der Waals surface area contributed by atoms with Crippen molar-refractivity contribution in [1.82, 2.24) is 0 Å². The van der Waals surface area contributed by atoms with Crippen LogP contribution in [0.3, 0.4) is 0 Å². The molecule has 4 aromatic rings. The Balaban J connectivity index is 1.61. The number of aromatic hydroxyl groups is 1. The largest absolute Gasteiger partial charge is 0.508 e. The van der Waals surface area contributed by atoms with Crippen molar-refractivity contribution in [2.45, 2.75) is 17.6 Å². The van der Waals surface area contributed by atoms with Gasteiger partial charge in [-0.2, -0.15) is 0 Å². The van der Waals surface area contributed by atoms with E-state index in [0.717, 1.165) is 0 Å². The van der Waals surface area contributed by atoms with Gasteiger partial charge in [0.1, 0.15) is 17.3 Å². The maximum atomic E-state index is 14.5. The average Bonchev–Trinajstić information content (AvgIpc) is 3.48. The fraction of sp³-hybridized carbons (Fsp3) is 0.125. The van der Waals surface area contributed by atoms with E-state index < -0.39 is 46.2 Å². The molecule has 0 amide bonds. The van der Waals surface area contributed by atoms with E-state index in [1.54, 1.807) is 97.1 Å². The number of carbonyl (C=O) groups is 4. The first-order valence-electron chi connectivity index (χ1n) is 12.3. The zero-order valence-corrected chi connectivity index (χ0v) is 20.0. The van der Waals surface area contributed by atoms with E-state index in [1.165, 1.54) is 6.07 Å². The van der Waals surface area contributed by atoms with Gasteiger partial charge in [-0.15, -0.1) is 0 Å². The Labute approximate surface area is 217 Å². The molecule has 4 aromatic carbocycles. The third kappa shape index (κ3) is 2.50. The lowest BCUT2D eigenvalue weighted by Gasteiger charge is -2.35. The van der Waals surface area contributed by atoms with E-state index in [9.17, 15) is 24.3 Å². The Morgan fingerprint density at radius 1 is 0.553 bits per heavy atom. The summed E-state index contributed by atoms with van der Waals surface area (Å²) in [6.07, 6.45) is -1.26. The zero-order valence-electron chi connectivity index (χ0n) is 20.0. The van der Waals surface area contributed by atoms with E-state index in [0.29, 0.717) is 5.56 Å². The number of hydrogen-bond donors (Lipinski definition) is 1. The van der Waals surface area contributed by atoms with Crippen LogP contribution in [0.1, 0.15) is 64.6 Å². The van der Waals surface area contributed by atoms with Crippen LogP contribution in [0.2, 0.25) is 0 Å². The molecule has 0 aromatic heterocycles. The van der Waals surface area contributed by atoms with Crippen molar-refractivity contribution in [1.29, 1.82) is 0 Å². The Hall–Kier alpha value is -4.68. The quantitative estimate of drug-likeness (QED) is 0.383. The predicted octanol–water partition coefficient (Wildman–Crippen LogP) is 5.13. The standard InChI is InChI=1S/C32H20O6/c33-24-17-9-8-16-23(24)25-31(26(34)19-12-4-5-13-20(19)27(31)35)30(18-10-2-1-3-11-18)38-32(25)28(36)21-14-6-7-15-22(21)29(32)37/h1-17,25,30,33H/t25-,30-/m1/s1. The number of ether oxygens (including phenoxy) is 1. The molecule has 0 bridgehead atoms. The monoisotopic (exact) mass is 500 g/mol. The SMILES string of the molecule is O=C1c2ccccc2C(=O)C12O[C@H](c1ccccc1)C1(C(=O)c3ccccc3C1=O)[C@H]2c1ccccc1O. The molecular weight excluding hydrogens is 480 g/mol. The smallest absolute Gasteiger partial charge is 0.204 e. The lowest BCUT2D eigenvalue weighted by molar-refractivity contribution is -0.0211. The zero-order chi connectivity index (χ0) is 26.2. The van der Waals surface area contributed by atoms with Crippen molar-refractivity contribution in [2.24, 2.45) is 5.41 Å². The molecule has 38 heavy (non-hydrogen) atoms. The highest BCUT2D eigenvalue weighted by molar-refractivity contribution is 6.37. The fourth-order valence-corrected chi connectivity index (χ4v) is 6.65. The molecule has 0 saturated carbocycles. The first kappa shape index (κ1) is 22.5. The maximum absolute atomic E-state index is 14.5. The molecule has 0 unspecified atom stereocenters. The Morgan fingerprint density at radius 2 is 1.00 bits per heavy atom. The van der Waals surface area contributed by atoms with Gasteiger partial charge in [-0.05, 0) is 11.6 Å². The number of hydrogen-bond acceptors (Lipinski definition) is 6. The van der Waals surface area contributed by atoms with Crippen molar-refractivity contribution in [2.75, 3.05) is 0 Å². The van der Waals surface area contributed by atoms with Crippen molar-refractivity contribution in [3.63, 3.8) is 0 Å². The molecule has 1 fully saturated rings. The van der Waals surface area contributed by atoms with Crippen LogP contribution in [0.5, 0.6) is 5.75 Å². The van der Waals surface area contributed by atoms with E-state index >= 15 is 0 Å². The topological polar surface area (TPSA) is 97.7 Å². The normalized spacial score (nSPS) is 22.3. The van der Waals surface area contributed by atoms with Crippen LogP contribution in [0, 0.1) is 5.41 Å². The minimum atomic E-state index is -2.23. The van der Waals surface area contributed by atoms with Crippen molar-refractivity contribution >= 4 is 23.1 Å². The van der Waals surface area contributed by atoms with Crippen LogP contribution in [0.4, 0.5) is 0 Å². The van der Waals surface area contributed by atoms with Gasteiger partial charge in [0, 0.05) is 27.8 Å². The second-order valence-electron chi connectivity index (χ2n) is 9.91. The second-order valence-corrected chi connectivity index (χ2v) is 9.91. The van der Waals surface area contributed by atoms with E-state index in [4.69, 9.17) is 4.74 Å². The minimum absolute atomic E-state index is 0.134. The third-order valence-corrected chi connectivity index (χ3v) is 8.19. The van der Waals surface area contributed by atoms with E-state index in [-0.39, 0.29) is 33.6 Å². The number of phenols is 1. The molecule has 2 aliphatic carbocycles.